The van der Waals surface area contributed by atoms with Crippen LogP contribution in [0.15, 0.2) is 24.3 Å². The van der Waals surface area contributed by atoms with Gasteiger partial charge in [-0.1, -0.05) is 12.1 Å². The first kappa shape index (κ1) is 13.0. The Morgan fingerprint density at radius 2 is 2.22 bits per heavy atom. The van der Waals surface area contributed by atoms with E-state index >= 15 is 0 Å². The van der Waals surface area contributed by atoms with Crippen LogP contribution in [-0.4, -0.2) is 22.9 Å². The van der Waals surface area contributed by atoms with Crippen molar-refractivity contribution in [1.82, 2.24) is 4.90 Å². The van der Waals surface area contributed by atoms with E-state index in [0.29, 0.717) is 13.1 Å². The van der Waals surface area contributed by atoms with E-state index in [1.54, 1.807) is 11.0 Å². The third kappa shape index (κ3) is 2.53. The molecule has 1 aliphatic carbocycles. The van der Waals surface area contributed by atoms with Gasteiger partial charge in [0.05, 0.1) is 5.54 Å². The Bertz CT molecular complexity index is 443. The standard InChI is InChI=1S/C14H19FN2O/c1-2-17(13(18)14(16)7-4-8-14)10-11-5-3-6-12(15)9-11/h3,5-6,9H,2,4,7-8,10,16H2,1H3. The fraction of sp³-hybridized carbons (Fsp3) is 0.500. The molecule has 1 aliphatic rings. The molecule has 1 aromatic carbocycles. The van der Waals surface area contributed by atoms with Crippen LogP contribution >= 0.6 is 0 Å². The highest BCUT2D eigenvalue weighted by Crippen LogP contribution is 2.31. The molecule has 1 fully saturated rings. The minimum absolute atomic E-state index is 0.0134. The second kappa shape index (κ2) is 5.06. The number of amides is 1. The molecule has 1 aromatic rings. The Balaban J connectivity index is 2.07. The Kier molecular flexibility index (Phi) is 3.66. The number of likely N-dealkylation sites (N-methyl/N-ethyl adjacent to an activating group) is 1. The summed E-state index contributed by atoms with van der Waals surface area (Å²) in [6.45, 7) is 2.93. The number of benzene rings is 1. The molecule has 0 aliphatic heterocycles. The molecule has 0 aromatic heterocycles. The second-order valence-electron chi connectivity index (χ2n) is 4.96. The molecular formula is C14H19FN2O. The van der Waals surface area contributed by atoms with Crippen LogP contribution < -0.4 is 5.73 Å². The third-order valence-corrected chi connectivity index (χ3v) is 3.60. The molecule has 18 heavy (non-hydrogen) atoms. The lowest BCUT2D eigenvalue weighted by molar-refractivity contribution is -0.140. The normalized spacial score (nSPS) is 17.1. The molecule has 1 amide bonds. The van der Waals surface area contributed by atoms with Gasteiger partial charge in [0.25, 0.3) is 0 Å². The van der Waals surface area contributed by atoms with Crippen LogP contribution in [-0.2, 0) is 11.3 Å². The number of nitrogens with zero attached hydrogens (tertiary/aromatic N) is 1. The molecule has 0 radical (unpaired) electrons. The van der Waals surface area contributed by atoms with Crippen molar-refractivity contribution in [3.63, 3.8) is 0 Å². The van der Waals surface area contributed by atoms with Crippen LogP contribution in [0, 0.1) is 5.82 Å². The molecule has 0 unspecified atom stereocenters. The fourth-order valence-electron chi connectivity index (χ4n) is 2.27. The Labute approximate surface area is 107 Å². The minimum Gasteiger partial charge on any atom is -0.337 e. The van der Waals surface area contributed by atoms with Gasteiger partial charge >= 0.3 is 0 Å². The Morgan fingerprint density at radius 1 is 1.50 bits per heavy atom. The smallest absolute Gasteiger partial charge is 0.242 e. The maximum absolute atomic E-state index is 13.1. The van der Waals surface area contributed by atoms with Crippen molar-refractivity contribution in [1.29, 1.82) is 0 Å². The topological polar surface area (TPSA) is 46.3 Å². The predicted octanol–water partition coefficient (Wildman–Crippen LogP) is 2.06. The number of carbonyl (C=O) groups is 1. The number of hydrogen-bond acceptors (Lipinski definition) is 2. The summed E-state index contributed by atoms with van der Waals surface area (Å²) in [5.74, 6) is -0.289. The summed E-state index contributed by atoms with van der Waals surface area (Å²) in [4.78, 5) is 14.0. The monoisotopic (exact) mass is 250 g/mol. The maximum atomic E-state index is 13.1. The van der Waals surface area contributed by atoms with E-state index in [0.717, 1.165) is 24.8 Å². The predicted molar refractivity (Wildman–Crippen MR) is 68.3 cm³/mol. The second-order valence-corrected chi connectivity index (χ2v) is 4.96. The van der Waals surface area contributed by atoms with E-state index in [9.17, 15) is 9.18 Å². The van der Waals surface area contributed by atoms with Crippen molar-refractivity contribution in [2.75, 3.05) is 6.54 Å². The van der Waals surface area contributed by atoms with Crippen LogP contribution in [0.25, 0.3) is 0 Å². The van der Waals surface area contributed by atoms with Crippen molar-refractivity contribution in [3.05, 3.63) is 35.6 Å². The first-order chi connectivity index (χ1) is 8.55. The number of hydrogen-bond donors (Lipinski definition) is 1. The van der Waals surface area contributed by atoms with E-state index < -0.39 is 5.54 Å². The SMILES string of the molecule is CCN(Cc1cccc(F)c1)C(=O)C1(N)CCC1. The van der Waals surface area contributed by atoms with Crippen molar-refractivity contribution < 1.29 is 9.18 Å². The first-order valence-corrected chi connectivity index (χ1v) is 6.38. The van der Waals surface area contributed by atoms with Gasteiger partial charge in [-0.05, 0) is 43.9 Å². The average molecular weight is 250 g/mol. The highest BCUT2D eigenvalue weighted by molar-refractivity contribution is 5.87. The summed E-state index contributed by atoms with van der Waals surface area (Å²) in [6, 6.07) is 6.34. The van der Waals surface area contributed by atoms with Crippen molar-refractivity contribution in [3.8, 4) is 0 Å². The molecule has 3 nitrogen and oxygen atoms in total. The molecule has 2 N–H and O–H groups in total. The molecule has 0 atom stereocenters. The quantitative estimate of drug-likeness (QED) is 0.889. The van der Waals surface area contributed by atoms with E-state index in [4.69, 9.17) is 5.73 Å². The summed E-state index contributed by atoms with van der Waals surface area (Å²) in [5.41, 5.74) is 6.16. The molecule has 2 rings (SSSR count). The van der Waals surface area contributed by atoms with Gasteiger partial charge in [0.1, 0.15) is 5.82 Å². The molecular weight excluding hydrogens is 231 g/mol. The molecule has 0 heterocycles. The van der Waals surface area contributed by atoms with Crippen LogP contribution in [0.4, 0.5) is 4.39 Å². The first-order valence-electron chi connectivity index (χ1n) is 6.38. The van der Waals surface area contributed by atoms with Crippen LogP contribution in [0.3, 0.4) is 0 Å². The van der Waals surface area contributed by atoms with E-state index in [-0.39, 0.29) is 11.7 Å². The van der Waals surface area contributed by atoms with Crippen LogP contribution in [0.5, 0.6) is 0 Å². The minimum atomic E-state index is -0.677. The van der Waals surface area contributed by atoms with E-state index in [2.05, 4.69) is 0 Å². The van der Waals surface area contributed by atoms with Crippen molar-refractivity contribution >= 4 is 5.91 Å². The summed E-state index contributed by atoms with van der Waals surface area (Å²) in [6.07, 6.45) is 2.52. The van der Waals surface area contributed by atoms with Gasteiger partial charge in [-0.15, -0.1) is 0 Å². The van der Waals surface area contributed by atoms with Crippen LogP contribution in [0.2, 0.25) is 0 Å². The number of nitrogens with two attached hydrogens (primary N) is 1. The summed E-state index contributed by atoms with van der Waals surface area (Å²) in [7, 11) is 0. The molecule has 4 heteroatoms. The molecule has 0 spiro atoms. The average Bonchev–Trinajstić information content (AvgIpc) is 2.32. The highest BCUT2D eigenvalue weighted by Gasteiger charge is 2.42. The summed E-state index contributed by atoms with van der Waals surface area (Å²) in [5, 5.41) is 0. The van der Waals surface area contributed by atoms with Crippen molar-refractivity contribution in [2.24, 2.45) is 5.73 Å². The molecule has 1 saturated carbocycles. The van der Waals surface area contributed by atoms with Gasteiger partial charge in [-0.25, -0.2) is 4.39 Å². The van der Waals surface area contributed by atoms with Gasteiger partial charge in [0.15, 0.2) is 0 Å². The van der Waals surface area contributed by atoms with Gasteiger partial charge in [-0.3, -0.25) is 4.79 Å². The molecule has 0 bridgehead atoms. The zero-order chi connectivity index (χ0) is 13.2. The molecule has 98 valence electrons. The zero-order valence-electron chi connectivity index (χ0n) is 10.7. The zero-order valence-corrected chi connectivity index (χ0v) is 10.7. The van der Waals surface area contributed by atoms with Crippen LogP contribution in [0.1, 0.15) is 31.7 Å². The van der Waals surface area contributed by atoms with E-state index in [1.165, 1.54) is 12.1 Å². The Morgan fingerprint density at radius 3 is 2.72 bits per heavy atom. The highest BCUT2D eigenvalue weighted by atomic mass is 19.1. The largest absolute Gasteiger partial charge is 0.337 e. The summed E-state index contributed by atoms with van der Waals surface area (Å²) >= 11 is 0. The maximum Gasteiger partial charge on any atom is 0.242 e. The fourth-order valence-corrected chi connectivity index (χ4v) is 2.27. The number of halogens is 1. The molecule has 0 saturated heterocycles. The van der Waals surface area contributed by atoms with Gasteiger partial charge in [0, 0.05) is 13.1 Å². The number of carbonyl (C=O) groups excluding carboxylic acids is 1. The summed E-state index contributed by atoms with van der Waals surface area (Å²) < 4.78 is 13.1. The number of rotatable bonds is 4. The van der Waals surface area contributed by atoms with Gasteiger partial charge in [0.2, 0.25) is 5.91 Å². The Hall–Kier alpha value is -1.42. The van der Waals surface area contributed by atoms with Gasteiger partial charge < -0.3 is 10.6 Å². The third-order valence-electron chi connectivity index (χ3n) is 3.60. The van der Waals surface area contributed by atoms with Gasteiger partial charge in [-0.2, -0.15) is 0 Å². The lowest BCUT2D eigenvalue weighted by Crippen LogP contribution is -2.59. The van der Waals surface area contributed by atoms with E-state index in [1.807, 2.05) is 13.0 Å². The van der Waals surface area contributed by atoms with Crippen molar-refractivity contribution in [2.45, 2.75) is 38.3 Å². The lowest BCUT2D eigenvalue weighted by atomic mass is 9.76. The lowest BCUT2D eigenvalue weighted by Gasteiger charge is -2.40.